The smallest absolute Gasteiger partial charge is 0.429 e. The fourth-order valence-corrected chi connectivity index (χ4v) is 4.87. The van der Waals surface area contributed by atoms with Crippen molar-refractivity contribution in [3.63, 3.8) is 0 Å². The minimum atomic E-state index is -4.92. The minimum Gasteiger partial charge on any atom is -0.429 e. The van der Waals surface area contributed by atoms with Crippen LogP contribution < -0.4 is 9.47 Å². The number of aryl methyl sites for hydroxylation is 1. The number of aromatic nitrogens is 2. The molecule has 0 aliphatic heterocycles. The molecular formula is C35H26F8N2O2. The molecule has 0 saturated heterocycles. The van der Waals surface area contributed by atoms with Crippen LogP contribution in [-0.2, 0) is 12.5 Å². The first kappa shape index (κ1) is 33.4. The topological polar surface area (TPSA) is 44.2 Å². The van der Waals surface area contributed by atoms with Crippen molar-refractivity contribution in [1.82, 2.24) is 9.97 Å². The SMILES string of the molecule is CCCCCc1cnc(-c2ccc(-c3cc(F)c(C(F)(F)Oc4ccc(-c5ccc(OC(F)(F)F)cc5)c(F)c4)c(F)c3)cc2)nc1. The lowest BCUT2D eigenvalue weighted by Gasteiger charge is -2.20. The lowest BCUT2D eigenvalue weighted by atomic mass is 10.0. The lowest BCUT2D eigenvalue weighted by molar-refractivity contribution is -0.274. The second kappa shape index (κ2) is 13.8. The maximum absolute atomic E-state index is 15.0. The molecule has 0 atom stereocenters. The Labute approximate surface area is 264 Å². The summed E-state index contributed by atoms with van der Waals surface area (Å²) in [5.41, 5.74) is 0.277. The molecule has 0 saturated carbocycles. The predicted molar refractivity (Wildman–Crippen MR) is 159 cm³/mol. The van der Waals surface area contributed by atoms with Crippen LogP contribution in [0.2, 0.25) is 0 Å². The van der Waals surface area contributed by atoms with E-state index in [1.807, 2.05) is 0 Å². The molecule has 0 spiro atoms. The van der Waals surface area contributed by atoms with E-state index in [0.29, 0.717) is 23.0 Å². The zero-order valence-corrected chi connectivity index (χ0v) is 24.7. The molecule has 4 aromatic carbocycles. The van der Waals surface area contributed by atoms with Crippen molar-refractivity contribution in [1.29, 1.82) is 0 Å². The van der Waals surface area contributed by atoms with Crippen LogP contribution >= 0.6 is 0 Å². The average molecular weight is 659 g/mol. The summed E-state index contributed by atoms with van der Waals surface area (Å²) < 4.78 is 120. The van der Waals surface area contributed by atoms with E-state index in [0.717, 1.165) is 79.8 Å². The summed E-state index contributed by atoms with van der Waals surface area (Å²) in [7, 11) is 0. The molecule has 244 valence electrons. The van der Waals surface area contributed by atoms with Gasteiger partial charge in [-0.3, -0.25) is 0 Å². The molecule has 0 bridgehead atoms. The fourth-order valence-electron chi connectivity index (χ4n) is 4.87. The van der Waals surface area contributed by atoms with Crippen LogP contribution in [0, 0.1) is 17.5 Å². The highest BCUT2D eigenvalue weighted by molar-refractivity contribution is 5.68. The van der Waals surface area contributed by atoms with Gasteiger partial charge >= 0.3 is 12.5 Å². The number of alkyl halides is 5. The number of nitrogens with zero attached hydrogens (tertiary/aromatic N) is 2. The molecule has 0 unspecified atom stereocenters. The second-order valence-electron chi connectivity index (χ2n) is 10.6. The Kier molecular flexibility index (Phi) is 9.78. The summed E-state index contributed by atoms with van der Waals surface area (Å²) in [6.07, 6.45) is -1.83. The zero-order chi connectivity index (χ0) is 33.8. The van der Waals surface area contributed by atoms with Crippen molar-refractivity contribution >= 4 is 0 Å². The standard InChI is InChI=1S/C35H26F8N2O2/c1-2-3-4-5-21-19-44-33(45-20-21)24-8-6-22(7-9-24)25-16-30(37)32(31(38)17-25)34(39,40)46-27-14-15-28(29(36)18-27)23-10-12-26(13-11-23)47-35(41,42)43/h6-20H,2-5H2,1H3. The van der Waals surface area contributed by atoms with E-state index < -0.39 is 47.0 Å². The van der Waals surface area contributed by atoms with E-state index in [9.17, 15) is 17.6 Å². The van der Waals surface area contributed by atoms with E-state index in [4.69, 9.17) is 0 Å². The molecule has 4 nitrogen and oxygen atoms in total. The van der Waals surface area contributed by atoms with Crippen LogP contribution in [0.15, 0.2) is 91.3 Å². The third kappa shape index (κ3) is 8.24. The van der Waals surface area contributed by atoms with Crippen molar-refractivity contribution in [3.05, 3.63) is 120 Å². The Balaban J connectivity index is 1.30. The molecule has 0 aliphatic carbocycles. The second-order valence-corrected chi connectivity index (χ2v) is 10.6. The summed E-state index contributed by atoms with van der Waals surface area (Å²) in [5, 5.41) is 0. The number of benzene rings is 4. The minimum absolute atomic E-state index is 0.0136. The first-order valence-corrected chi connectivity index (χ1v) is 14.5. The van der Waals surface area contributed by atoms with Crippen molar-refractivity contribution < 1.29 is 44.6 Å². The molecule has 5 aromatic rings. The van der Waals surface area contributed by atoms with Crippen LogP contribution in [0.4, 0.5) is 35.1 Å². The Hall–Kier alpha value is -5.00. The Bertz CT molecular complexity index is 1800. The molecule has 1 aromatic heterocycles. The molecular weight excluding hydrogens is 632 g/mol. The first-order chi connectivity index (χ1) is 22.3. The van der Waals surface area contributed by atoms with Crippen molar-refractivity contribution in [2.24, 2.45) is 0 Å². The van der Waals surface area contributed by atoms with Gasteiger partial charge in [0.05, 0.1) is 0 Å². The van der Waals surface area contributed by atoms with Crippen molar-refractivity contribution in [3.8, 4) is 45.1 Å². The van der Waals surface area contributed by atoms with Crippen LogP contribution in [-0.4, -0.2) is 16.3 Å². The number of hydrogen-bond donors (Lipinski definition) is 0. The van der Waals surface area contributed by atoms with Crippen LogP contribution in [0.1, 0.15) is 37.3 Å². The Morgan fingerprint density at radius 1 is 0.596 bits per heavy atom. The lowest BCUT2D eigenvalue weighted by Crippen LogP contribution is -2.25. The number of halogens is 8. The molecule has 0 fully saturated rings. The van der Waals surface area contributed by atoms with E-state index in [2.05, 4.69) is 26.4 Å². The predicted octanol–water partition coefficient (Wildman–Crippen LogP) is 10.7. The highest BCUT2D eigenvalue weighted by atomic mass is 19.4. The summed E-state index contributed by atoms with van der Waals surface area (Å²) >= 11 is 0. The normalized spacial score (nSPS) is 11.9. The Morgan fingerprint density at radius 2 is 1.17 bits per heavy atom. The molecule has 1 heterocycles. The maximum atomic E-state index is 15.0. The van der Waals surface area contributed by atoms with Gasteiger partial charge in [-0.2, -0.15) is 8.78 Å². The molecule has 0 amide bonds. The van der Waals surface area contributed by atoms with E-state index in [1.165, 1.54) is 0 Å². The average Bonchev–Trinajstić information content (AvgIpc) is 3.01. The van der Waals surface area contributed by atoms with E-state index >= 15 is 17.6 Å². The molecule has 0 aliphatic rings. The van der Waals surface area contributed by atoms with Crippen molar-refractivity contribution in [2.45, 2.75) is 45.1 Å². The number of ether oxygens (including phenoxy) is 2. The van der Waals surface area contributed by atoms with Gasteiger partial charge in [0.15, 0.2) is 5.82 Å². The van der Waals surface area contributed by atoms with Crippen LogP contribution in [0.5, 0.6) is 11.5 Å². The molecule has 0 N–H and O–H groups in total. The van der Waals surface area contributed by atoms with Gasteiger partial charge in [-0.1, -0.05) is 56.2 Å². The van der Waals surface area contributed by atoms with Gasteiger partial charge in [-0.15, -0.1) is 13.2 Å². The monoisotopic (exact) mass is 658 g/mol. The van der Waals surface area contributed by atoms with Crippen LogP contribution in [0.25, 0.3) is 33.6 Å². The first-order valence-electron chi connectivity index (χ1n) is 14.5. The molecule has 0 radical (unpaired) electrons. The number of unbranched alkanes of at least 4 members (excludes halogenated alkanes) is 2. The van der Waals surface area contributed by atoms with Gasteiger partial charge < -0.3 is 9.47 Å². The zero-order valence-electron chi connectivity index (χ0n) is 24.7. The summed E-state index contributed by atoms with van der Waals surface area (Å²) in [6, 6.07) is 14.6. The number of rotatable bonds is 11. The van der Waals surface area contributed by atoms with Gasteiger partial charge in [-0.25, -0.2) is 23.1 Å². The Morgan fingerprint density at radius 3 is 1.74 bits per heavy atom. The largest absolute Gasteiger partial charge is 0.573 e. The van der Waals surface area contributed by atoms with E-state index in [-0.39, 0.29) is 16.7 Å². The fraction of sp³-hybridized carbons (Fsp3) is 0.200. The summed E-state index contributed by atoms with van der Waals surface area (Å²) in [6.45, 7) is 2.12. The van der Waals surface area contributed by atoms with Gasteiger partial charge in [0.25, 0.3) is 0 Å². The van der Waals surface area contributed by atoms with Gasteiger partial charge in [-0.05, 0) is 71.5 Å². The van der Waals surface area contributed by atoms with Crippen molar-refractivity contribution in [2.75, 3.05) is 0 Å². The van der Waals surface area contributed by atoms with Gasteiger partial charge in [0.2, 0.25) is 0 Å². The quantitative estimate of drug-likeness (QED) is 0.105. The maximum Gasteiger partial charge on any atom is 0.573 e. The third-order valence-corrected chi connectivity index (χ3v) is 7.17. The molecule has 5 rings (SSSR count). The molecule has 12 heteroatoms. The summed E-state index contributed by atoms with van der Waals surface area (Å²) in [4.78, 5) is 8.76. The highest BCUT2D eigenvalue weighted by Gasteiger charge is 2.41. The number of hydrogen-bond acceptors (Lipinski definition) is 4. The van der Waals surface area contributed by atoms with Gasteiger partial charge in [0, 0.05) is 29.6 Å². The van der Waals surface area contributed by atoms with Gasteiger partial charge in [0.1, 0.15) is 34.5 Å². The highest BCUT2D eigenvalue weighted by Crippen LogP contribution is 2.38. The third-order valence-electron chi connectivity index (χ3n) is 7.17. The van der Waals surface area contributed by atoms with Crippen LogP contribution in [0.3, 0.4) is 0 Å². The molecule has 47 heavy (non-hydrogen) atoms. The summed E-state index contributed by atoms with van der Waals surface area (Å²) in [5.74, 6) is -5.08. The van der Waals surface area contributed by atoms with E-state index in [1.54, 1.807) is 36.7 Å².